The molecule has 2 aliphatic rings. The molecule has 140 valence electrons. The fourth-order valence-corrected chi connectivity index (χ4v) is 4.23. The van der Waals surface area contributed by atoms with E-state index >= 15 is 0 Å². The van der Waals surface area contributed by atoms with Gasteiger partial charge in [-0.05, 0) is 29.1 Å². The van der Waals surface area contributed by atoms with E-state index in [1.54, 1.807) is 28.0 Å². The summed E-state index contributed by atoms with van der Waals surface area (Å²) in [6.45, 7) is 0.918. The summed E-state index contributed by atoms with van der Waals surface area (Å²) in [5.41, 5.74) is 0.778. The third kappa shape index (κ3) is 3.44. The van der Waals surface area contributed by atoms with Crippen LogP contribution < -0.4 is 5.32 Å². The number of hydrogen-bond acceptors (Lipinski definition) is 4. The first-order valence-corrected chi connectivity index (χ1v) is 9.59. The van der Waals surface area contributed by atoms with Crippen LogP contribution in [0.5, 0.6) is 0 Å². The standard InChI is InChI=1S/C19H18FN3O3S/c20-13-5-3-12(4-6-13)10-14-18(25)23-8-7-22(11-15(23)17(24)21-14)19(26)16-2-1-9-27-16/h1-6,9,14-15H,7-8,10-11H2,(H,21,24)/t14-,15+/m1/s1. The third-order valence-corrected chi connectivity index (χ3v) is 5.81. The number of hydrogen-bond donors (Lipinski definition) is 1. The van der Waals surface area contributed by atoms with Gasteiger partial charge in [-0.2, -0.15) is 0 Å². The number of thiophene rings is 1. The molecule has 2 atom stereocenters. The second-order valence-corrected chi connectivity index (χ2v) is 7.62. The van der Waals surface area contributed by atoms with E-state index in [-0.39, 0.29) is 30.1 Å². The van der Waals surface area contributed by atoms with Crippen LogP contribution in [-0.2, 0) is 16.0 Å². The Hall–Kier alpha value is -2.74. The van der Waals surface area contributed by atoms with Crippen molar-refractivity contribution in [3.8, 4) is 0 Å². The number of benzene rings is 1. The lowest BCUT2D eigenvalue weighted by atomic mass is 9.98. The minimum absolute atomic E-state index is 0.113. The first-order valence-electron chi connectivity index (χ1n) is 8.71. The minimum atomic E-state index is -0.668. The van der Waals surface area contributed by atoms with E-state index in [0.29, 0.717) is 24.4 Å². The van der Waals surface area contributed by atoms with E-state index in [1.165, 1.54) is 23.5 Å². The second kappa shape index (κ2) is 7.11. The molecule has 3 amide bonds. The maximum atomic E-state index is 13.1. The lowest BCUT2D eigenvalue weighted by molar-refractivity contribution is -0.152. The van der Waals surface area contributed by atoms with Gasteiger partial charge in [-0.25, -0.2) is 4.39 Å². The van der Waals surface area contributed by atoms with E-state index in [1.807, 2.05) is 11.4 Å². The Labute approximate surface area is 159 Å². The van der Waals surface area contributed by atoms with Crippen LogP contribution in [0.15, 0.2) is 41.8 Å². The van der Waals surface area contributed by atoms with Gasteiger partial charge in [-0.3, -0.25) is 14.4 Å². The van der Waals surface area contributed by atoms with Crippen molar-refractivity contribution in [2.24, 2.45) is 0 Å². The van der Waals surface area contributed by atoms with E-state index in [0.717, 1.165) is 5.56 Å². The normalized spacial score (nSPS) is 22.4. The summed E-state index contributed by atoms with van der Waals surface area (Å²) in [6.07, 6.45) is 0.311. The van der Waals surface area contributed by atoms with E-state index in [4.69, 9.17) is 0 Å². The highest BCUT2D eigenvalue weighted by molar-refractivity contribution is 7.12. The average molecular weight is 387 g/mol. The Bertz CT molecular complexity index is 869. The number of nitrogens with zero attached hydrogens (tertiary/aromatic N) is 2. The molecule has 8 heteroatoms. The molecule has 1 aromatic heterocycles. The summed E-state index contributed by atoms with van der Waals surface area (Å²) in [7, 11) is 0. The van der Waals surface area contributed by atoms with Crippen molar-refractivity contribution in [3.05, 3.63) is 58.0 Å². The zero-order valence-corrected chi connectivity index (χ0v) is 15.2. The molecule has 0 radical (unpaired) electrons. The highest BCUT2D eigenvalue weighted by Crippen LogP contribution is 2.21. The van der Waals surface area contributed by atoms with Crippen LogP contribution in [0.25, 0.3) is 0 Å². The Kier molecular flexibility index (Phi) is 4.65. The first kappa shape index (κ1) is 17.7. The fourth-order valence-electron chi connectivity index (χ4n) is 3.54. The molecule has 0 aliphatic carbocycles. The van der Waals surface area contributed by atoms with Crippen molar-refractivity contribution in [3.63, 3.8) is 0 Å². The molecular formula is C19H18FN3O3S. The molecule has 1 N–H and O–H groups in total. The highest BCUT2D eigenvalue weighted by atomic mass is 32.1. The summed E-state index contributed by atoms with van der Waals surface area (Å²) in [5.74, 6) is -0.875. The molecule has 4 rings (SSSR count). The maximum Gasteiger partial charge on any atom is 0.264 e. The Morgan fingerprint density at radius 3 is 2.67 bits per heavy atom. The number of rotatable bonds is 3. The number of fused-ring (bicyclic) bond motifs is 1. The molecule has 2 aromatic rings. The number of piperazine rings is 2. The van der Waals surface area contributed by atoms with E-state index in [2.05, 4.69) is 5.32 Å². The van der Waals surface area contributed by atoms with Gasteiger partial charge in [0.05, 0.1) is 11.4 Å². The minimum Gasteiger partial charge on any atom is -0.342 e. The maximum absolute atomic E-state index is 13.1. The topological polar surface area (TPSA) is 69.7 Å². The van der Waals surface area contributed by atoms with E-state index < -0.39 is 12.1 Å². The van der Waals surface area contributed by atoms with Gasteiger partial charge in [0, 0.05) is 19.5 Å². The zero-order chi connectivity index (χ0) is 19.0. The molecule has 2 saturated heterocycles. The van der Waals surface area contributed by atoms with Crippen LogP contribution in [0.4, 0.5) is 4.39 Å². The van der Waals surface area contributed by atoms with Crippen molar-refractivity contribution in [2.75, 3.05) is 19.6 Å². The summed E-state index contributed by atoms with van der Waals surface area (Å²) in [4.78, 5) is 41.7. The van der Waals surface area contributed by atoms with Gasteiger partial charge in [0.15, 0.2) is 0 Å². The van der Waals surface area contributed by atoms with Crippen LogP contribution >= 0.6 is 11.3 Å². The predicted molar refractivity (Wildman–Crippen MR) is 97.8 cm³/mol. The molecule has 0 saturated carbocycles. The van der Waals surface area contributed by atoms with Crippen molar-refractivity contribution < 1.29 is 18.8 Å². The summed E-state index contributed by atoms with van der Waals surface area (Å²) < 4.78 is 13.1. The smallest absolute Gasteiger partial charge is 0.264 e. The van der Waals surface area contributed by atoms with Crippen molar-refractivity contribution in [2.45, 2.75) is 18.5 Å². The van der Waals surface area contributed by atoms with Gasteiger partial charge in [-0.15, -0.1) is 11.3 Å². The number of halogens is 1. The van der Waals surface area contributed by atoms with Crippen molar-refractivity contribution >= 4 is 29.1 Å². The van der Waals surface area contributed by atoms with Crippen LogP contribution in [0, 0.1) is 5.82 Å². The van der Waals surface area contributed by atoms with E-state index in [9.17, 15) is 18.8 Å². The number of carbonyl (C=O) groups excluding carboxylic acids is 3. The van der Waals surface area contributed by atoms with Crippen LogP contribution in [0.2, 0.25) is 0 Å². The third-order valence-electron chi connectivity index (χ3n) is 4.95. The summed E-state index contributed by atoms with van der Waals surface area (Å²) in [6, 6.07) is 8.12. The van der Waals surface area contributed by atoms with Gasteiger partial charge >= 0.3 is 0 Å². The highest BCUT2D eigenvalue weighted by Gasteiger charge is 2.44. The van der Waals surface area contributed by atoms with Crippen molar-refractivity contribution in [1.29, 1.82) is 0 Å². The van der Waals surface area contributed by atoms with Gasteiger partial charge in [0.1, 0.15) is 17.9 Å². The molecule has 0 unspecified atom stereocenters. The van der Waals surface area contributed by atoms with Gasteiger partial charge in [0.25, 0.3) is 5.91 Å². The lowest BCUT2D eigenvalue weighted by Gasteiger charge is -2.45. The first-order chi connectivity index (χ1) is 13.0. The number of amides is 3. The van der Waals surface area contributed by atoms with Gasteiger partial charge in [-0.1, -0.05) is 18.2 Å². The Morgan fingerprint density at radius 1 is 1.19 bits per heavy atom. The SMILES string of the molecule is O=C1N[C@H](Cc2ccc(F)cc2)C(=O)N2CCN(C(=O)c3cccs3)C[C@@H]12. The molecule has 6 nitrogen and oxygen atoms in total. The molecule has 0 spiro atoms. The Balaban J connectivity index is 1.45. The monoisotopic (exact) mass is 387 g/mol. The average Bonchev–Trinajstić information content (AvgIpc) is 3.21. The lowest BCUT2D eigenvalue weighted by Crippen LogP contribution is -2.70. The number of nitrogens with one attached hydrogen (secondary N) is 1. The fraction of sp³-hybridized carbons (Fsp3) is 0.316. The molecule has 2 fully saturated rings. The van der Waals surface area contributed by atoms with Gasteiger partial charge < -0.3 is 15.1 Å². The quantitative estimate of drug-likeness (QED) is 0.863. The van der Waals surface area contributed by atoms with Crippen LogP contribution in [0.1, 0.15) is 15.2 Å². The Morgan fingerprint density at radius 2 is 1.96 bits per heavy atom. The van der Waals surface area contributed by atoms with Crippen LogP contribution in [-0.4, -0.2) is 59.2 Å². The molecule has 27 heavy (non-hydrogen) atoms. The zero-order valence-electron chi connectivity index (χ0n) is 14.4. The van der Waals surface area contributed by atoms with Crippen LogP contribution in [0.3, 0.4) is 0 Å². The molecule has 1 aromatic carbocycles. The summed E-state index contributed by atoms with van der Waals surface area (Å²) >= 11 is 1.36. The number of carbonyl (C=O) groups is 3. The molecular weight excluding hydrogens is 369 g/mol. The largest absolute Gasteiger partial charge is 0.342 e. The van der Waals surface area contributed by atoms with Gasteiger partial charge in [0.2, 0.25) is 11.8 Å². The van der Waals surface area contributed by atoms with Crippen molar-refractivity contribution in [1.82, 2.24) is 15.1 Å². The summed E-state index contributed by atoms with van der Waals surface area (Å²) in [5, 5.41) is 4.60. The molecule has 2 aliphatic heterocycles. The second-order valence-electron chi connectivity index (χ2n) is 6.67. The predicted octanol–water partition coefficient (Wildman–Crippen LogP) is 1.28. The molecule has 3 heterocycles. The molecule has 0 bridgehead atoms.